The van der Waals surface area contributed by atoms with Crippen LogP contribution in [0.15, 0.2) is 0 Å². The van der Waals surface area contributed by atoms with E-state index in [4.69, 9.17) is 5.26 Å². The fourth-order valence-corrected chi connectivity index (χ4v) is 2.69. The lowest BCUT2D eigenvalue weighted by atomic mass is 9.75. The summed E-state index contributed by atoms with van der Waals surface area (Å²) in [6, 6.07) is 2.38. The molecule has 2 aliphatic rings. The lowest BCUT2D eigenvalue weighted by molar-refractivity contribution is 0.0815. The van der Waals surface area contributed by atoms with Crippen molar-refractivity contribution in [2.45, 2.75) is 32.3 Å². The molecule has 0 spiro atoms. The average molecular weight is 151 g/mol. The van der Waals surface area contributed by atoms with Crippen molar-refractivity contribution < 1.29 is 5.11 Å². The van der Waals surface area contributed by atoms with Gasteiger partial charge in [-0.3, -0.25) is 0 Å². The zero-order valence-corrected chi connectivity index (χ0v) is 6.75. The molecular formula is C9H13NO. The maximum absolute atomic E-state index is 9.44. The normalized spacial score (nSPS) is 54.5. The van der Waals surface area contributed by atoms with Crippen LogP contribution in [0.25, 0.3) is 0 Å². The van der Waals surface area contributed by atoms with E-state index in [1.54, 1.807) is 0 Å². The number of aliphatic hydroxyl groups excluding tert-OH is 1. The first-order valence-corrected chi connectivity index (χ1v) is 4.25. The van der Waals surface area contributed by atoms with Crippen molar-refractivity contribution in [3.8, 4) is 6.07 Å². The molecule has 2 fully saturated rings. The molecule has 0 aliphatic heterocycles. The maximum Gasteiger partial charge on any atom is 0.0689 e. The van der Waals surface area contributed by atoms with Crippen LogP contribution < -0.4 is 0 Å². The molecule has 60 valence electrons. The van der Waals surface area contributed by atoms with Gasteiger partial charge in [0.15, 0.2) is 0 Å². The predicted molar refractivity (Wildman–Crippen MR) is 40.6 cm³/mol. The minimum absolute atomic E-state index is 0.110. The molecule has 2 saturated carbocycles. The van der Waals surface area contributed by atoms with Gasteiger partial charge in [-0.25, -0.2) is 0 Å². The van der Waals surface area contributed by atoms with E-state index in [1.807, 2.05) is 6.92 Å². The van der Waals surface area contributed by atoms with Gasteiger partial charge in [0.05, 0.1) is 17.6 Å². The van der Waals surface area contributed by atoms with E-state index in [2.05, 4.69) is 6.07 Å². The second kappa shape index (κ2) is 1.98. The minimum atomic E-state index is -0.121. The van der Waals surface area contributed by atoms with E-state index < -0.39 is 0 Å². The van der Waals surface area contributed by atoms with Crippen LogP contribution in [0.3, 0.4) is 0 Å². The Hall–Kier alpha value is -0.550. The lowest BCUT2D eigenvalue weighted by Gasteiger charge is -2.28. The van der Waals surface area contributed by atoms with Gasteiger partial charge in [-0.2, -0.15) is 5.26 Å². The van der Waals surface area contributed by atoms with Crippen molar-refractivity contribution in [3.05, 3.63) is 0 Å². The van der Waals surface area contributed by atoms with Crippen molar-refractivity contribution in [3.63, 3.8) is 0 Å². The summed E-state index contributed by atoms with van der Waals surface area (Å²) in [4.78, 5) is 0. The summed E-state index contributed by atoms with van der Waals surface area (Å²) >= 11 is 0. The third-order valence-electron chi connectivity index (χ3n) is 3.50. The molecule has 0 saturated heterocycles. The Balaban J connectivity index is 2.21. The van der Waals surface area contributed by atoms with E-state index >= 15 is 0 Å². The molecule has 4 atom stereocenters. The Morgan fingerprint density at radius 3 is 2.64 bits per heavy atom. The first kappa shape index (κ1) is 7.12. The number of hydrogen-bond donors (Lipinski definition) is 1. The molecule has 2 heteroatoms. The second-order valence-electron chi connectivity index (χ2n) is 4.23. The largest absolute Gasteiger partial charge is 0.393 e. The topological polar surface area (TPSA) is 44.0 Å². The number of nitrogens with zero attached hydrogens (tertiary/aromatic N) is 1. The zero-order valence-electron chi connectivity index (χ0n) is 6.75. The summed E-state index contributed by atoms with van der Waals surface area (Å²) in [5.74, 6) is 0.886. The molecule has 0 aromatic rings. The quantitative estimate of drug-likeness (QED) is 0.567. The average Bonchev–Trinajstić information content (AvgIpc) is 2.45. The molecule has 1 N–H and O–H groups in total. The molecule has 0 amide bonds. The Morgan fingerprint density at radius 1 is 1.55 bits per heavy atom. The molecule has 0 unspecified atom stereocenters. The van der Waals surface area contributed by atoms with E-state index in [0.29, 0.717) is 11.8 Å². The van der Waals surface area contributed by atoms with Crippen molar-refractivity contribution in [1.82, 2.24) is 0 Å². The first-order valence-electron chi connectivity index (χ1n) is 4.25. The van der Waals surface area contributed by atoms with Crippen LogP contribution in [0.2, 0.25) is 0 Å². The summed E-state index contributed by atoms with van der Waals surface area (Å²) in [5, 5.41) is 18.3. The Morgan fingerprint density at radius 2 is 2.27 bits per heavy atom. The highest BCUT2D eigenvalue weighted by molar-refractivity contribution is 5.11. The fourth-order valence-electron chi connectivity index (χ4n) is 2.69. The summed E-state index contributed by atoms with van der Waals surface area (Å²) in [7, 11) is 0. The van der Waals surface area contributed by atoms with Crippen LogP contribution in [0.5, 0.6) is 0 Å². The van der Waals surface area contributed by atoms with Crippen LogP contribution in [0, 0.1) is 28.6 Å². The smallest absolute Gasteiger partial charge is 0.0689 e. The molecule has 2 rings (SSSR count). The highest BCUT2D eigenvalue weighted by atomic mass is 16.3. The van der Waals surface area contributed by atoms with E-state index in [1.165, 1.54) is 0 Å². The van der Waals surface area contributed by atoms with Gasteiger partial charge in [-0.15, -0.1) is 0 Å². The van der Waals surface area contributed by atoms with Crippen LogP contribution >= 0.6 is 0 Å². The van der Waals surface area contributed by atoms with Gasteiger partial charge in [0.2, 0.25) is 0 Å². The second-order valence-corrected chi connectivity index (χ2v) is 4.23. The molecule has 0 aromatic carbocycles. The third kappa shape index (κ3) is 0.810. The minimum Gasteiger partial charge on any atom is -0.393 e. The lowest BCUT2D eigenvalue weighted by Crippen LogP contribution is -2.28. The molecular weight excluding hydrogens is 138 g/mol. The van der Waals surface area contributed by atoms with Crippen molar-refractivity contribution in [2.24, 2.45) is 17.3 Å². The van der Waals surface area contributed by atoms with Gasteiger partial charge in [0.25, 0.3) is 0 Å². The number of aliphatic hydroxyl groups is 1. The summed E-state index contributed by atoms with van der Waals surface area (Å²) in [6.07, 6.45) is 2.73. The van der Waals surface area contributed by atoms with Crippen molar-refractivity contribution in [2.75, 3.05) is 0 Å². The van der Waals surface area contributed by atoms with Gasteiger partial charge in [0, 0.05) is 0 Å². The van der Waals surface area contributed by atoms with Gasteiger partial charge in [-0.1, -0.05) is 0 Å². The first-order chi connectivity index (χ1) is 5.15. The molecule has 0 aromatic heterocycles. The Kier molecular flexibility index (Phi) is 1.28. The summed E-state index contributed by atoms with van der Waals surface area (Å²) < 4.78 is 0. The summed E-state index contributed by atoms with van der Waals surface area (Å²) in [6.45, 7) is 2.03. The van der Waals surface area contributed by atoms with Crippen LogP contribution in [-0.4, -0.2) is 11.2 Å². The van der Waals surface area contributed by atoms with Gasteiger partial charge >= 0.3 is 0 Å². The monoisotopic (exact) mass is 151 g/mol. The van der Waals surface area contributed by atoms with Crippen LogP contribution in [-0.2, 0) is 0 Å². The van der Waals surface area contributed by atoms with Gasteiger partial charge < -0.3 is 5.11 Å². The Bertz CT molecular complexity index is 218. The Labute approximate surface area is 66.8 Å². The van der Waals surface area contributed by atoms with E-state index in [-0.39, 0.29) is 11.5 Å². The third-order valence-corrected chi connectivity index (χ3v) is 3.50. The van der Waals surface area contributed by atoms with Crippen LogP contribution in [0.4, 0.5) is 0 Å². The standard InChI is InChI=1S/C9H13NO/c1-9(5-10)4-6-2-7(9)3-8(6)11/h6-8,11H,2-4H2,1H3/t6-,7-,8+,9+/m1/s1. The molecule has 2 bridgehead atoms. The maximum atomic E-state index is 9.44. The number of hydrogen-bond acceptors (Lipinski definition) is 2. The molecule has 2 nitrogen and oxygen atoms in total. The van der Waals surface area contributed by atoms with Gasteiger partial charge in [0.1, 0.15) is 0 Å². The molecule has 2 aliphatic carbocycles. The van der Waals surface area contributed by atoms with Crippen LogP contribution in [0.1, 0.15) is 26.2 Å². The number of nitriles is 1. The van der Waals surface area contributed by atoms with Gasteiger partial charge in [-0.05, 0) is 38.0 Å². The van der Waals surface area contributed by atoms with E-state index in [0.717, 1.165) is 19.3 Å². The number of rotatable bonds is 0. The predicted octanol–water partition coefficient (Wildman–Crippen LogP) is 1.31. The fraction of sp³-hybridized carbons (Fsp3) is 0.889. The van der Waals surface area contributed by atoms with Crippen molar-refractivity contribution >= 4 is 0 Å². The van der Waals surface area contributed by atoms with E-state index in [9.17, 15) is 5.11 Å². The highest BCUT2D eigenvalue weighted by Gasteiger charge is 2.52. The summed E-state index contributed by atoms with van der Waals surface area (Å²) in [5.41, 5.74) is -0.121. The SMILES string of the molecule is C[C@@]1(C#N)C[C@H]2C[C@@H]1C[C@@H]2O. The molecule has 0 heterocycles. The highest BCUT2D eigenvalue weighted by Crippen LogP contribution is 2.55. The molecule has 0 radical (unpaired) electrons. The van der Waals surface area contributed by atoms with Crippen molar-refractivity contribution in [1.29, 1.82) is 5.26 Å². The zero-order chi connectivity index (χ0) is 8.06. The number of fused-ring (bicyclic) bond motifs is 2. The molecule has 11 heavy (non-hydrogen) atoms.